The predicted octanol–water partition coefficient (Wildman–Crippen LogP) is 3.47. The van der Waals surface area contributed by atoms with E-state index < -0.39 is 0 Å². The van der Waals surface area contributed by atoms with Crippen LogP contribution in [0.1, 0.15) is 11.3 Å². The highest BCUT2D eigenvalue weighted by atomic mass is 32.2. The Labute approximate surface area is 162 Å². The van der Waals surface area contributed by atoms with Gasteiger partial charge >= 0.3 is 0 Å². The fourth-order valence-corrected chi connectivity index (χ4v) is 3.56. The van der Waals surface area contributed by atoms with Crippen LogP contribution >= 0.6 is 11.8 Å². The van der Waals surface area contributed by atoms with Crippen molar-refractivity contribution in [2.24, 2.45) is 0 Å². The lowest BCUT2D eigenvalue weighted by atomic mass is 10.2. The molecule has 0 saturated heterocycles. The summed E-state index contributed by atoms with van der Waals surface area (Å²) in [5, 5.41) is 0.757. The Hall–Kier alpha value is -2.80. The lowest BCUT2D eigenvalue weighted by Crippen LogP contribution is -2.22. The second-order valence-corrected chi connectivity index (χ2v) is 7.37. The molecule has 6 nitrogen and oxygen atoms in total. The van der Waals surface area contributed by atoms with Crippen LogP contribution < -0.4 is 15.2 Å². The molecule has 0 N–H and O–H groups in total. The minimum absolute atomic E-state index is 0.113. The number of aryl methyl sites for hydroxylation is 2. The first-order valence-corrected chi connectivity index (χ1v) is 9.27. The van der Waals surface area contributed by atoms with Crippen molar-refractivity contribution in [1.82, 2.24) is 14.5 Å². The Kier molecular flexibility index (Phi) is 5.51. The molecular formula is C20H22N4O2S. The van der Waals surface area contributed by atoms with Gasteiger partial charge in [0.05, 0.1) is 18.5 Å². The van der Waals surface area contributed by atoms with Crippen LogP contribution in [0.5, 0.6) is 5.75 Å². The monoisotopic (exact) mass is 382 g/mol. The van der Waals surface area contributed by atoms with Crippen molar-refractivity contribution in [2.45, 2.75) is 23.8 Å². The number of rotatable bonds is 5. The molecule has 0 bridgehead atoms. The van der Waals surface area contributed by atoms with E-state index in [0.717, 1.165) is 27.7 Å². The summed E-state index contributed by atoms with van der Waals surface area (Å²) in [5.74, 6) is 0.753. The van der Waals surface area contributed by atoms with E-state index in [2.05, 4.69) is 9.97 Å². The van der Waals surface area contributed by atoms with Crippen LogP contribution in [0.3, 0.4) is 0 Å². The largest absolute Gasteiger partial charge is 0.497 e. The lowest BCUT2D eigenvalue weighted by Gasteiger charge is -2.14. The normalized spacial score (nSPS) is 10.7. The zero-order chi connectivity index (χ0) is 19.6. The number of hydrogen-bond donors (Lipinski definition) is 0. The van der Waals surface area contributed by atoms with Crippen molar-refractivity contribution in [3.05, 3.63) is 64.5 Å². The van der Waals surface area contributed by atoms with Crippen molar-refractivity contribution < 1.29 is 4.74 Å². The topological polar surface area (TPSA) is 60.2 Å². The predicted molar refractivity (Wildman–Crippen MR) is 109 cm³/mol. The van der Waals surface area contributed by atoms with Gasteiger partial charge < -0.3 is 9.64 Å². The van der Waals surface area contributed by atoms with Crippen LogP contribution in [0.2, 0.25) is 0 Å². The van der Waals surface area contributed by atoms with E-state index in [1.165, 1.54) is 11.8 Å². The van der Waals surface area contributed by atoms with E-state index in [1.54, 1.807) is 24.2 Å². The molecule has 0 saturated carbocycles. The summed E-state index contributed by atoms with van der Waals surface area (Å²) in [4.78, 5) is 24.5. The Balaban J connectivity index is 2.04. The third kappa shape index (κ3) is 3.98. The SMILES string of the molecule is COc1ccc(-n2cnc(C)c(Sc3cc(N(C)C)ccn3)c2=O)c(C)c1. The second-order valence-electron chi connectivity index (χ2n) is 6.34. The first kappa shape index (κ1) is 19.0. The third-order valence-electron chi connectivity index (χ3n) is 4.21. The number of hydrogen-bond acceptors (Lipinski definition) is 6. The molecule has 3 aromatic rings. The average molecular weight is 382 g/mol. The average Bonchev–Trinajstić information content (AvgIpc) is 2.66. The summed E-state index contributed by atoms with van der Waals surface area (Å²) in [6.45, 7) is 3.78. The molecule has 0 unspecified atom stereocenters. The summed E-state index contributed by atoms with van der Waals surface area (Å²) in [5.41, 5.74) is 3.32. The molecule has 1 aromatic carbocycles. The first-order chi connectivity index (χ1) is 12.9. The van der Waals surface area contributed by atoms with Gasteiger partial charge in [0.1, 0.15) is 22.0 Å². The van der Waals surface area contributed by atoms with Crippen LogP contribution in [-0.2, 0) is 0 Å². The molecule has 0 aliphatic carbocycles. The Morgan fingerprint density at radius 2 is 1.89 bits per heavy atom. The fraction of sp³-hybridized carbons (Fsp3) is 0.250. The Morgan fingerprint density at radius 3 is 2.56 bits per heavy atom. The Bertz CT molecular complexity index is 1030. The van der Waals surface area contributed by atoms with Crippen molar-refractivity contribution in [3.63, 3.8) is 0 Å². The van der Waals surface area contributed by atoms with E-state index in [9.17, 15) is 4.79 Å². The van der Waals surface area contributed by atoms with E-state index in [0.29, 0.717) is 10.6 Å². The van der Waals surface area contributed by atoms with Crippen LogP contribution in [0.15, 0.2) is 57.6 Å². The third-order valence-corrected chi connectivity index (χ3v) is 5.32. The minimum atomic E-state index is -0.113. The molecule has 0 amide bonds. The molecule has 0 radical (unpaired) electrons. The maximum Gasteiger partial charge on any atom is 0.272 e. The highest BCUT2D eigenvalue weighted by Crippen LogP contribution is 2.28. The molecule has 27 heavy (non-hydrogen) atoms. The van der Waals surface area contributed by atoms with Gasteiger partial charge in [0.15, 0.2) is 0 Å². The van der Waals surface area contributed by atoms with Gasteiger partial charge in [-0.1, -0.05) is 11.8 Å². The van der Waals surface area contributed by atoms with Gasteiger partial charge in [-0.15, -0.1) is 0 Å². The smallest absolute Gasteiger partial charge is 0.272 e. The van der Waals surface area contributed by atoms with Crippen LogP contribution in [-0.4, -0.2) is 35.7 Å². The summed E-state index contributed by atoms with van der Waals surface area (Å²) >= 11 is 1.34. The van der Waals surface area contributed by atoms with Crippen molar-refractivity contribution in [2.75, 3.05) is 26.1 Å². The van der Waals surface area contributed by atoms with Gasteiger partial charge in [0, 0.05) is 26.0 Å². The van der Waals surface area contributed by atoms with Crippen molar-refractivity contribution >= 4 is 17.4 Å². The number of ether oxygens (including phenoxy) is 1. The molecule has 0 aliphatic heterocycles. The number of anilines is 1. The van der Waals surface area contributed by atoms with E-state index >= 15 is 0 Å². The van der Waals surface area contributed by atoms with Gasteiger partial charge in [-0.25, -0.2) is 9.97 Å². The zero-order valence-electron chi connectivity index (χ0n) is 16.1. The molecule has 0 fully saturated rings. The van der Waals surface area contributed by atoms with E-state index in [1.807, 2.05) is 63.2 Å². The molecule has 140 valence electrons. The maximum absolute atomic E-state index is 13.2. The first-order valence-electron chi connectivity index (χ1n) is 8.45. The highest BCUT2D eigenvalue weighted by molar-refractivity contribution is 7.99. The quantitative estimate of drug-likeness (QED) is 0.673. The summed E-state index contributed by atoms with van der Waals surface area (Å²) in [6.07, 6.45) is 3.32. The van der Waals surface area contributed by atoms with Gasteiger partial charge in [0.2, 0.25) is 0 Å². The fourth-order valence-electron chi connectivity index (χ4n) is 2.67. The van der Waals surface area contributed by atoms with Crippen LogP contribution in [0, 0.1) is 13.8 Å². The zero-order valence-corrected chi connectivity index (χ0v) is 16.9. The molecule has 2 heterocycles. The van der Waals surface area contributed by atoms with Crippen LogP contribution in [0.25, 0.3) is 5.69 Å². The summed E-state index contributed by atoms with van der Waals surface area (Å²) in [7, 11) is 5.56. The molecule has 0 aliphatic rings. The van der Waals surface area contributed by atoms with Gasteiger partial charge in [-0.2, -0.15) is 0 Å². The number of pyridine rings is 1. The summed E-state index contributed by atoms with van der Waals surface area (Å²) < 4.78 is 6.82. The Morgan fingerprint density at radius 1 is 1.11 bits per heavy atom. The van der Waals surface area contributed by atoms with Crippen molar-refractivity contribution in [3.8, 4) is 11.4 Å². The minimum Gasteiger partial charge on any atom is -0.497 e. The number of aromatic nitrogens is 3. The number of benzene rings is 1. The van der Waals surface area contributed by atoms with Gasteiger partial charge in [-0.05, 0) is 49.7 Å². The molecule has 0 spiro atoms. The summed E-state index contributed by atoms with van der Waals surface area (Å²) in [6, 6.07) is 9.49. The van der Waals surface area contributed by atoms with Crippen molar-refractivity contribution in [1.29, 1.82) is 0 Å². The van der Waals surface area contributed by atoms with E-state index in [-0.39, 0.29) is 5.56 Å². The molecule has 2 aromatic heterocycles. The lowest BCUT2D eigenvalue weighted by molar-refractivity contribution is 0.414. The maximum atomic E-state index is 13.2. The van der Waals surface area contributed by atoms with E-state index in [4.69, 9.17) is 4.74 Å². The second kappa shape index (κ2) is 7.84. The number of methoxy groups -OCH3 is 1. The highest BCUT2D eigenvalue weighted by Gasteiger charge is 2.14. The van der Waals surface area contributed by atoms with Gasteiger partial charge in [-0.3, -0.25) is 9.36 Å². The molecule has 0 atom stereocenters. The van der Waals surface area contributed by atoms with Crippen LogP contribution in [0.4, 0.5) is 5.69 Å². The molecule has 7 heteroatoms. The standard InChI is InChI=1S/C20H22N4O2S/c1-13-10-16(26-5)6-7-17(13)24-12-22-14(2)19(20(24)25)27-18-11-15(23(3)4)8-9-21-18/h6-12H,1-5H3. The molecular weight excluding hydrogens is 360 g/mol. The number of nitrogens with zero attached hydrogens (tertiary/aromatic N) is 4. The van der Waals surface area contributed by atoms with Gasteiger partial charge in [0.25, 0.3) is 5.56 Å². The molecule has 3 rings (SSSR count).